The summed E-state index contributed by atoms with van der Waals surface area (Å²) in [4.78, 5) is 21.3. The van der Waals surface area contributed by atoms with E-state index in [0.717, 1.165) is 41.8 Å². The molecule has 1 unspecified atom stereocenters. The van der Waals surface area contributed by atoms with E-state index in [-0.39, 0.29) is 12.0 Å². The van der Waals surface area contributed by atoms with E-state index < -0.39 is 0 Å². The highest BCUT2D eigenvalue weighted by atomic mass is 32.1. The van der Waals surface area contributed by atoms with E-state index in [2.05, 4.69) is 29.0 Å². The van der Waals surface area contributed by atoms with Gasteiger partial charge in [-0.2, -0.15) is 0 Å². The maximum Gasteiger partial charge on any atom is 0.263 e. The van der Waals surface area contributed by atoms with Crippen LogP contribution in [0.4, 0.5) is 0 Å². The molecular weight excluding hydrogens is 354 g/mol. The zero-order valence-electron chi connectivity index (χ0n) is 14.9. The summed E-state index contributed by atoms with van der Waals surface area (Å²) in [5.41, 5.74) is 0.789. The quantitative estimate of drug-likeness (QED) is 0.837. The lowest BCUT2D eigenvalue weighted by molar-refractivity contribution is -0.0295. The predicted molar refractivity (Wildman–Crippen MR) is 104 cm³/mol. The molecule has 0 bridgehead atoms. The molecule has 1 amide bonds. The Morgan fingerprint density at radius 1 is 1.52 bits per heavy atom. The number of carbonyl (C=O) groups excluding carboxylic acids is 1. The number of ether oxygens (including phenoxy) is 1. The van der Waals surface area contributed by atoms with Crippen LogP contribution in [0.25, 0.3) is 9.88 Å². The summed E-state index contributed by atoms with van der Waals surface area (Å²) in [6, 6.07) is 4.03. The molecule has 136 valence electrons. The van der Waals surface area contributed by atoms with Crippen molar-refractivity contribution in [3.63, 3.8) is 0 Å². The van der Waals surface area contributed by atoms with Crippen molar-refractivity contribution in [2.75, 3.05) is 32.8 Å². The molecule has 1 aliphatic rings. The molecule has 1 aliphatic heterocycles. The average Bonchev–Trinajstić information content (AvgIpc) is 3.21. The summed E-state index contributed by atoms with van der Waals surface area (Å²) >= 11 is 3.10. The molecule has 2 aromatic rings. The Labute approximate surface area is 157 Å². The molecule has 0 radical (unpaired) electrons. The third-order valence-corrected chi connectivity index (χ3v) is 6.27. The number of morpholine rings is 1. The minimum Gasteiger partial charge on any atom is -0.374 e. The van der Waals surface area contributed by atoms with E-state index in [1.807, 2.05) is 24.4 Å². The van der Waals surface area contributed by atoms with Crippen molar-refractivity contribution in [2.24, 2.45) is 5.92 Å². The van der Waals surface area contributed by atoms with Gasteiger partial charge in [0, 0.05) is 26.2 Å². The van der Waals surface area contributed by atoms with Gasteiger partial charge in [-0.3, -0.25) is 9.69 Å². The molecule has 25 heavy (non-hydrogen) atoms. The van der Waals surface area contributed by atoms with Crippen LogP contribution >= 0.6 is 22.7 Å². The van der Waals surface area contributed by atoms with Gasteiger partial charge in [0.1, 0.15) is 9.88 Å². The Morgan fingerprint density at radius 2 is 2.36 bits per heavy atom. The normalized spacial score (nSPS) is 18.6. The first-order valence-electron chi connectivity index (χ1n) is 8.66. The summed E-state index contributed by atoms with van der Waals surface area (Å²) in [6.07, 6.45) is 0.0569. The van der Waals surface area contributed by atoms with Crippen LogP contribution in [0.15, 0.2) is 17.5 Å². The van der Waals surface area contributed by atoms with Crippen LogP contribution in [0.3, 0.4) is 0 Å². The highest BCUT2D eigenvalue weighted by Gasteiger charge is 2.23. The van der Waals surface area contributed by atoms with Gasteiger partial charge in [-0.1, -0.05) is 19.9 Å². The van der Waals surface area contributed by atoms with E-state index in [4.69, 9.17) is 4.74 Å². The third kappa shape index (κ3) is 4.88. The molecule has 0 saturated carbocycles. The van der Waals surface area contributed by atoms with Gasteiger partial charge in [0.25, 0.3) is 5.91 Å². The van der Waals surface area contributed by atoms with Gasteiger partial charge >= 0.3 is 0 Å². The second-order valence-electron chi connectivity index (χ2n) is 6.77. The lowest BCUT2D eigenvalue weighted by Gasteiger charge is -2.33. The van der Waals surface area contributed by atoms with Crippen molar-refractivity contribution in [1.82, 2.24) is 15.2 Å². The van der Waals surface area contributed by atoms with Crippen molar-refractivity contribution in [3.05, 3.63) is 28.1 Å². The maximum absolute atomic E-state index is 12.5. The van der Waals surface area contributed by atoms with Crippen molar-refractivity contribution < 1.29 is 9.53 Å². The fourth-order valence-corrected chi connectivity index (χ4v) is 4.77. The third-order valence-electron chi connectivity index (χ3n) is 4.07. The number of hydrogen-bond acceptors (Lipinski definition) is 6. The number of aromatic nitrogens is 1. The molecule has 1 atom stereocenters. The Morgan fingerprint density at radius 3 is 3.08 bits per heavy atom. The molecular formula is C18H25N3O2S2. The summed E-state index contributed by atoms with van der Waals surface area (Å²) in [5, 5.41) is 5.96. The molecule has 0 aromatic carbocycles. The van der Waals surface area contributed by atoms with Gasteiger partial charge in [0.15, 0.2) is 0 Å². The molecule has 1 N–H and O–H groups in total. The zero-order valence-corrected chi connectivity index (χ0v) is 16.6. The van der Waals surface area contributed by atoms with E-state index in [9.17, 15) is 4.79 Å². The minimum atomic E-state index is -0.0533. The van der Waals surface area contributed by atoms with Crippen molar-refractivity contribution in [1.29, 1.82) is 0 Å². The first kappa shape index (κ1) is 18.5. The van der Waals surface area contributed by atoms with Crippen LogP contribution in [-0.4, -0.2) is 54.7 Å². The summed E-state index contributed by atoms with van der Waals surface area (Å²) < 4.78 is 5.80. The monoisotopic (exact) mass is 379 g/mol. The number of rotatable bonds is 6. The number of thiazole rings is 1. The Hall–Kier alpha value is -1.28. The van der Waals surface area contributed by atoms with Crippen molar-refractivity contribution in [2.45, 2.75) is 26.9 Å². The topological polar surface area (TPSA) is 54.5 Å². The number of hydrogen-bond donors (Lipinski definition) is 1. The fraction of sp³-hybridized carbons (Fsp3) is 0.556. The van der Waals surface area contributed by atoms with Crippen LogP contribution in [0.5, 0.6) is 0 Å². The summed E-state index contributed by atoms with van der Waals surface area (Å²) in [5.74, 6) is 0.589. The van der Waals surface area contributed by atoms with Crippen LogP contribution in [-0.2, 0) is 4.74 Å². The second-order valence-corrected chi connectivity index (χ2v) is 8.71. The van der Waals surface area contributed by atoms with Crippen LogP contribution < -0.4 is 5.32 Å². The van der Waals surface area contributed by atoms with E-state index in [0.29, 0.717) is 17.3 Å². The molecule has 1 saturated heterocycles. The Bertz CT molecular complexity index is 697. The summed E-state index contributed by atoms with van der Waals surface area (Å²) in [6.45, 7) is 10.5. The predicted octanol–water partition coefficient (Wildman–Crippen LogP) is 3.27. The first-order valence-corrected chi connectivity index (χ1v) is 10.4. The first-order chi connectivity index (χ1) is 12.0. The Balaban J connectivity index is 1.56. The number of amides is 1. The standard InChI is InChI=1S/C18H25N3O2S2/c1-12(2)10-21-6-7-23-14(11-21)9-19-17(22)16-13(3)20-18(25-16)15-5-4-8-24-15/h4-5,8,12,14H,6-7,9-11H2,1-3H3,(H,19,22). The van der Waals surface area contributed by atoms with E-state index >= 15 is 0 Å². The molecule has 2 aromatic heterocycles. The number of thiophene rings is 1. The minimum absolute atomic E-state index is 0.0533. The molecule has 3 rings (SSSR count). The SMILES string of the molecule is Cc1nc(-c2cccs2)sc1C(=O)NCC1CN(CC(C)C)CCO1. The maximum atomic E-state index is 12.5. The highest BCUT2D eigenvalue weighted by Crippen LogP contribution is 2.30. The second kappa shape index (κ2) is 8.40. The molecule has 1 fully saturated rings. The van der Waals surface area contributed by atoms with Crippen LogP contribution in [0.1, 0.15) is 29.2 Å². The summed E-state index contributed by atoms with van der Waals surface area (Å²) in [7, 11) is 0. The number of nitrogens with zero attached hydrogens (tertiary/aromatic N) is 2. The van der Waals surface area contributed by atoms with Crippen LogP contribution in [0, 0.1) is 12.8 Å². The molecule has 0 aliphatic carbocycles. The average molecular weight is 380 g/mol. The van der Waals surface area contributed by atoms with E-state index in [1.54, 1.807) is 11.3 Å². The zero-order chi connectivity index (χ0) is 17.8. The molecule has 3 heterocycles. The molecule has 7 heteroatoms. The van der Waals surface area contributed by atoms with Gasteiger partial charge in [-0.05, 0) is 24.3 Å². The van der Waals surface area contributed by atoms with Gasteiger partial charge in [-0.25, -0.2) is 4.98 Å². The molecule has 5 nitrogen and oxygen atoms in total. The number of aryl methyl sites for hydroxylation is 1. The van der Waals surface area contributed by atoms with Crippen LogP contribution in [0.2, 0.25) is 0 Å². The number of carbonyl (C=O) groups is 1. The lowest BCUT2D eigenvalue weighted by atomic mass is 10.2. The van der Waals surface area contributed by atoms with Gasteiger partial charge in [-0.15, -0.1) is 22.7 Å². The largest absolute Gasteiger partial charge is 0.374 e. The molecule has 0 spiro atoms. The fourth-order valence-electron chi connectivity index (χ4n) is 2.99. The van der Waals surface area contributed by atoms with E-state index in [1.165, 1.54) is 11.3 Å². The van der Waals surface area contributed by atoms with Gasteiger partial charge in [0.2, 0.25) is 0 Å². The van der Waals surface area contributed by atoms with Crippen molar-refractivity contribution in [3.8, 4) is 9.88 Å². The smallest absolute Gasteiger partial charge is 0.263 e. The Kier molecular flexibility index (Phi) is 6.22. The number of nitrogens with one attached hydrogen (secondary N) is 1. The van der Waals surface area contributed by atoms with Crippen molar-refractivity contribution >= 4 is 28.6 Å². The highest BCUT2D eigenvalue weighted by molar-refractivity contribution is 7.22. The van der Waals surface area contributed by atoms with Gasteiger partial charge < -0.3 is 10.1 Å². The van der Waals surface area contributed by atoms with Gasteiger partial charge in [0.05, 0.1) is 23.3 Å². The lowest BCUT2D eigenvalue weighted by Crippen LogP contribution is -2.48.